The zero-order valence-electron chi connectivity index (χ0n) is 10.8. The Morgan fingerprint density at radius 3 is 2.61 bits per heavy atom. The van der Waals surface area contributed by atoms with Gasteiger partial charge in [-0.3, -0.25) is 4.79 Å². The minimum absolute atomic E-state index is 0.0561. The molecule has 2 N–H and O–H groups in total. The molecular weight excluding hydrogens is 236 g/mol. The summed E-state index contributed by atoms with van der Waals surface area (Å²) in [4.78, 5) is 25.1. The summed E-state index contributed by atoms with van der Waals surface area (Å²) in [7, 11) is 1.55. The van der Waals surface area contributed by atoms with E-state index in [0.29, 0.717) is 19.5 Å². The van der Waals surface area contributed by atoms with E-state index in [1.807, 2.05) is 6.92 Å². The van der Waals surface area contributed by atoms with Gasteiger partial charge < -0.3 is 20.1 Å². The third-order valence-corrected chi connectivity index (χ3v) is 4.00. The number of aliphatic carboxylic acids is 1. The number of carboxylic acid groups (broad SMARTS) is 1. The number of carbonyl (C=O) groups is 2. The molecule has 0 bridgehead atoms. The molecule has 2 saturated heterocycles. The van der Waals surface area contributed by atoms with Gasteiger partial charge in [-0.25, -0.2) is 4.79 Å². The predicted molar refractivity (Wildman–Crippen MR) is 64.1 cm³/mol. The van der Waals surface area contributed by atoms with Gasteiger partial charge in [-0.2, -0.15) is 0 Å². The highest BCUT2D eigenvalue weighted by molar-refractivity contribution is 5.86. The Hall–Kier alpha value is -1.14. The first kappa shape index (κ1) is 13.3. The molecule has 2 unspecified atom stereocenters. The van der Waals surface area contributed by atoms with E-state index in [9.17, 15) is 14.7 Å². The lowest BCUT2D eigenvalue weighted by Crippen LogP contribution is -2.45. The minimum Gasteiger partial charge on any atom is -0.480 e. The van der Waals surface area contributed by atoms with Crippen LogP contribution < -0.4 is 5.32 Å². The molecule has 1 amide bonds. The van der Waals surface area contributed by atoms with Gasteiger partial charge in [-0.15, -0.1) is 0 Å². The Morgan fingerprint density at radius 1 is 1.39 bits per heavy atom. The van der Waals surface area contributed by atoms with Crippen molar-refractivity contribution in [3.8, 4) is 0 Å². The van der Waals surface area contributed by atoms with Crippen LogP contribution in [-0.2, 0) is 14.3 Å². The maximum Gasteiger partial charge on any atom is 0.326 e. The third kappa shape index (κ3) is 2.35. The molecule has 102 valence electrons. The van der Waals surface area contributed by atoms with Crippen molar-refractivity contribution in [2.75, 3.05) is 26.7 Å². The van der Waals surface area contributed by atoms with Crippen LogP contribution >= 0.6 is 0 Å². The fraction of sp³-hybridized carbons (Fsp3) is 0.833. The van der Waals surface area contributed by atoms with E-state index in [1.165, 1.54) is 4.90 Å². The van der Waals surface area contributed by atoms with Crippen molar-refractivity contribution >= 4 is 11.9 Å². The van der Waals surface area contributed by atoms with Gasteiger partial charge >= 0.3 is 5.97 Å². The molecule has 2 heterocycles. The molecule has 6 nitrogen and oxygen atoms in total. The summed E-state index contributed by atoms with van der Waals surface area (Å²) in [5.41, 5.74) is 0. The molecule has 0 aromatic heterocycles. The molecule has 2 fully saturated rings. The Balaban J connectivity index is 2.10. The number of ether oxygens (including phenoxy) is 1. The van der Waals surface area contributed by atoms with Crippen LogP contribution in [-0.4, -0.2) is 60.8 Å². The number of carboxylic acids is 1. The van der Waals surface area contributed by atoms with E-state index >= 15 is 0 Å². The van der Waals surface area contributed by atoms with Gasteiger partial charge in [-0.1, -0.05) is 6.92 Å². The highest BCUT2D eigenvalue weighted by Crippen LogP contribution is 2.26. The predicted octanol–water partition coefficient (Wildman–Crippen LogP) is -0.458. The number of rotatable bonds is 3. The van der Waals surface area contributed by atoms with Crippen LogP contribution in [0.2, 0.25) is 0 Å². The molecule has 0 spiro atoms. The Bertz CT molecular complexity index is 347. The second-order valence-electron chi connectivity index (χ2n) is 5.18. The van der Waals surface area contributed by atoms with E-state index < -0.39 is 12.0 Å². The van der Waals surface area contributed by atoms with Gasteiger partial charge in [0.1, 0.15) is 6.04 Å². The van der Waals surface area contributed by atoms with Gasteiger partial charge in [0, 0.05) is 26.6 Å². The summed E-state index contributed by atoms with van der Waals surface area (Å²) < 4.78 is 5.19. The molecule has 4 atom stereocenters. The topological polar surface area (TPSA) is 78.9 Å². The largest absolute Gasteiger partial charge is 0.480 e. The van der Waals surface area contributed by atoms with Crippen molar-refractivity contribution in [2.24, 2.45) is 11.8 Å². The standard InChI is InChI=1S/C12H20N2O4/c1-7-4-13-5-9(7)11(15)14-6-8(18-2)3-10(14)12(16)17/h7-10,13H,3-6H2,1-2H3,(H,16,17)/t7-,8?,9-,10?/m1/s1. The second-order valence-corrected chi connectivity index (χ2v) is 5.18. The number of amides is 1. The van der Waals surface area contributed by atoms with Crippen molar-refractivity contribution in [3.63, 3.8) is 0 Å². The molecule has 2 rings (SSSR count). The van der Waals surface area contributed by atoms with Gasteiger partial charge in [-0.05, 0) is 12.5 Å². The fourth-order valence-corrected chi connectivity index (χ4v) is 2.80. The van der Waals surface area contributed by atoms with E-state index in [0.717, 1.165) is 6.54 Å². The average Bonchev–Trinajstić information content (AvgIpc) is 2.93. The normalized spacial score (nSPS) is 36.0. The fourth-order valence-electron chi connectivity index (χ4n) is 2.80. The highest BCUT2D eigenvalue weighted by atomic mass is 16.5. The lowest BCUT2D eigenvalue weighted by atomic mass is 9.96. The van der Waals surface area contributed by atoms with Crippen molar-refractivity contribution in [1.82, 2.24) is 10.2 Å². The highest BCUT2D eigenvalue weighted by Gasteiger charge is 2.43. The lowest BCUT2D eigenvalue weighted by Gasteiger charge is -2.26. The molecule has 2 aliphatic rings. The van der Waals surface area contributed by atoms with E-state index in [2.05, 4.69) is 5.32 Å². The Labute approximate surface area is 106 Å². The number of nitrogens with one attached hydrogen (secondary N) is 1. The average molecular weight is 256 g/mol. The number of hydrogen-bond donors (Lipinski definition) is 2. The maximum atomic E-state index is 12.4. The van der Waals surface area contributed by atoms with Gasteiger partial charge in [0.2, 0.25) is 5.91 Å². The molecule has 0 aromatic carbocycles. The Morgan fingerprint density at radius 2 is 2.11 bits per heavy atom. The van der Waals surface area contributed by atoms with Crippen LogP contribution in [0, 0.1) is 11.8 Å². The summed E-state index contributed by atoms with van der Waals surface area (Å²) in [6, 6.07) is -0.741. The van der Waals surface area contributed by atoms with Crippen LogP contribution in [0.3, 0.4) is 0 Å². The summed E-state index contributed by atoms with van der Waals surface area (Å²) >= 11 is 0. The van der Waals surface area contributed by atoms with Gasteiger partial charge in [0.15, 0.2) is 0 Å². The molecule has 0 aliphatic carbocycles. The van der Waals surface area contributed by atoms with Crippen LogP contribution in [0.25, 0.3) is 0 Å². The molecule has 6 heteroatoms. The van der Waals surface area contributed by atoms with Crippen molar-refractivity contribution in [3.05, 3.63) is 0 Å². The van der Waals surface area contributed by atoms with Crippen LogP contribution in [0.5, 0.6) is 0 Å². The number of methoxy groups -OCH3 is 1. The number of hydrogen-bond acceptors (Lipinski definition) is 4. The first-order valence-corrected chi connectivity index (χ1v) is 6.31. The van der Waals surface area contributed by atoms with Gasteiger partial charge in [0.05, 0.1) is 12.0 Å². The molecular formula is C12H20N2O4. The van der Waals surface area contributed by atoms with Crippen molar-refractivity contribution in [2.45, 2.75) is 25.5 Å². The second kappa shape index (κ2) is 5.24. The summed E-state index contributed by atoms with van der Waals surface area (Å²) in [5.74, 6) is -0.850. The van der Waals surface area contributed by atoms with Crippen LogP contribution in [0.1, 0.15) is 13.3 Å². The van der Waals surface area contributed by atoms with Crippen LogP contribution in [0.15, 0.2) is 0 Å². The monoisotopic (exact) mass is 256 g/mol. The third-order valence-electron chi connectivity index (χ3n) is 4.00. The molecule has 0 radical (unpaired) electrons. The number of likely N-dealkylation sites (tertiary alicyclic amines) is 1. The first-order valence-electron chi connectivity index (χ1n) is 6.31. The maximum absolute atomic E-state index is 12.4. The number of nitrogens with zero attached hydrogens (tertiary/aromatic N) is 1. The molecule has 2 aliphatic heterocycles. The summed E-state index contributed by atoms with van der Waals surface area (Å²) in [5, 5.41) is 12.4. The SMILES string of the molecule is COC1CC(C(=O)O)N(C(=O)[C@@H]2CNC[C@H]2C)C1. The van der Waals surface area contributed by atoms with Crippen molar-refractivity contribution < 1.29 is 19.4 Å². The quantitative estimate of drug-likeness (QED) is 0.714. The smallest absolute Gasteiger partial charge is 0.326 e. The van der Waals surface area contributed by atoms with Gasteiger partial charge in [0.25, 0.3) is 0 Å². The van der Waals surface area contributed by atoms with Crippen molar-refractivity contribution in [1.29, 1.82) is 0 Å². The zero-order valence-corrected chi connectivity index (χ0v) is 10.8. The number of carbonyl (C=O) groups excluding carboxylic acids is 1. The Kier molecular flexibility index (Phi) is 3.87. The first-order chi connectivity index (χ1) is 8.54. The summed E-state index contributed by atoms with van der Waals surface area (Å²) in [6.45, 7) is 3.86. The minimum atomic E-state index is -0.943. The van der Waals surface area contributed by atoms with E-state index in [1.54, 1.807) is 7.11 Å². The molecule has 0 aromatic rings. The molecule has 18 heavy (non-hydrogen) atoms. The van der Waals surface area contributed by atoms with Crippen LogP contribution in [0.4, 0.5) is 0 Å². The van der Waals surface area contributed by atoms with E-state index in [-0.39, 0.29) is 23.8 Å². The lowest BCUT2D eigenvalue weighted by molar-refractivity contribution is -0.150. The molecule has 0 saturated carbocycles. The zero-order chi connectivity index (χ0) is 13.3. The van der Waals surface area contributed by atoms with E-state index in [4.69, 9.17) is 4.74 Å². The summed E-state index contributed by atoms with van der Waals surface area (Å²) in [6.07, 6.45) is 0.214.